The highest BCUT2D eigenvalue weighted by atomic mass is 32.2. The molecule has 0 saturated heterocycles. The summed E-state index contributed by atoms with van der Waals surface area (Å²) < 4.78 is 5.40. The number of nitrogen functional groups attached to an aromatic ring is 1. The Bertz CT molecular complexity index is 495. The van der Waals surface area contributed by atoms with Crippen molar-refractivity contribution < 1.29 is 14.3 Å². The number of amides is 1. The van der Waals surface area contributed by atoms with E-state index < -0.39 is 5.97 Å². The van der Waals surface area contributed by atoms with Gasteiger partial charge in [0, 0.05) is 6.04 Å². The summed E-state index contributed by atoms with van der Waals surface area (Å²) in [5.74, 6) is -0.705. The zero-order valence-electron chi connectivity index (χ0n) is 10.1. The maximum atomic E-state index is 12.0. The number of nitrogens with one attached hydrogen (secondary N) is 1. The lowest BCUT2D eigenvalue weighted by Crippen LogP contribution is -2.25. The SMILES string of the molecule is COC(=O)c1c(SC)sc(C(=O)NC2CC2)c1N. The maximum Gasteiger partial charge on any atom is 0.342 e. The number of thioether (sulfide) groups is 1. The molecule has 1 amide bonds. The van der Waals surface area contributed by atoms with E-state index in [2.05, 4.69) is 10.1 Å². The molecule has 0 aromatic carbocycles. The van der Waals surface area contributed by atoms with Crippen molar-refractivity contribution in [2.75, 3.05) is 19.1 Å². The highest BCUT2D eigenvalue weighted by molar-refractivity contribution is 8.00. The molecule has 2 rings (SSSR count). The third-order valence-corrected chi connectivity index (χ3v) is 4.93. The lowest BCUT2D eigenvalue weighted by molar-refractivity contribution is 0.0599. The van der Waals surface area contributed by atoms with Crippen LogP contribution in [0.5, 0.6) is 0 Å². The Morgan fingerprint density at radius 1 is 1.50 bits per heavy atom. The molecule has 1 aromatic heterocycles. The van der Waals surface area contributed by atoms with Crippen molar-refractivity contribution in [3.63, 3.8) is 0 Å². The smallest absolute Gasteiger partial charge is 0.342 e. The fourth-order valence-electron chi connectivity index (χ4n) is 1.51. The molecule has 1 heterocycles. The minimum absolute atomic E-state index is 0.203. The number of rotatable bonds is 4. The lowest BCUT2D eigenvalue weighted by Gasteiger charge is -2.02. The predicted molar refractivity (Wildman–Crippen MR) is 72.3 cm³/mol. The van der Waals surface area contributed by atoms with Gasteiger partial charge in [0.05, 0.1) is 17.0 Å². The molecule has 0 radical (unpaired) electrons. The van der Waals surface area contributed by atoms with Gasteiger partial charge in [0.15, 0.2) is 0 Å². The van der Waals surface area contributed by atoms with Gasteiger partial charge in [0.1, 0.15) is 10.4 Å². The number of methoxy groups -OCH3 is 1. The summed E-state index contributed by atoms with van der Waals surface area (Å²) >= 11 is 2.62. The van der Waals surface area contributed by atoms with Crippen LogP contribution in [0.2, 0.25) is 0 Å². The van der Waals surface area contributed by atoms with Gasteiger partial charge in [-0.25, -0.2) is 4.79 Å². The molecule has 1 fully saturated rings. The van der Waals surface area contributed by atoms with Crippen molar-refractivity contribution in [1.82, 2.24) is 5.32 Å². The molecule has 5 nitrogen and oxygen atoms in total. The highest BCUT2D eigenvalue weighted by Crippen LogP contribution is 2.38. The van der Waals surface area contributed by atoms with Crippen LogP contribution >= 0.6 is 23.1 Å². The quantitative estimate of drug-likeness (QED) is 0.651. The van der Waals surface area contributed by atoms with Crippen molar-refractivity contribution >= 4 is 40.7 Å². The van der Waals surface area contributed by atoms with E-state index >= 15 is 0 Å². The normalized spacial score (nSPS) is 14.3. The molecular weight excluding hydrogens is 272 g/mol. The van der Waals surface area contributed by atoms with E-state index in [1.807, 2.05) is 6.26 Å². The van der Waals surface area contributed by atoms with E-state index in [9.17, 15) is 9.59 Å². The first kappa shape index (κ1) is 13.2. The highest BCUT2D eigenvalue weighted by Gasteiger charge is 2.29. The molecule has 0 aliphatic heterocycles. The standard InChI is InChI=1S/C11H14N2O3S2/c1-16-10(15)6-7(12)8(18-11(6)17-2)9(14)13-5-3-4-5/h5H,3-4,12H2,1-2H3,(H,13,14). The van der Waals surface area contributed by atoms with Gasteiger partial charge < -0.3 is 15.8 Å². The number of carbonyl (C=O) groups is 2. The van der Waals surface area contributed by atoms with E-state index in [-0.39, 0.29) is 17.6 Å². The first-order valence-electron chi connectivity index (χ1n) is 5.44. The van der Waals surface area contributed by atoms with E-state index in [1.54, 1.807) is 0 Å². The minimum atomic E-state index is -0.501. The Balaban J connectivity index is 2.33. The van der Waals surface area contributed by atoms with Crippen LogP contribution in [0.1, 0.15) is 32.9 Å². The van der Waals surface area contributed by atoms with Crippen LogP contribution in [0.25, 0.3) is 0 Å². The average Bonchev–Trinajstić information content (AvgIpc) is 3.10. The van der Waals surface area contributed by atoms with Crippen LogP contribution in [-0.4, -0.2) is 31.3 Å². The molecule has 98 valence electrons. The monoisotopic (exact) mass is 286 g/mol. The average molecular weight is 286 g/mol. The second-order valence-corrected chi connectivity index (χ2v) is 6.05. The molecule has 0 unspecified atom stereocenters. The van der Waals surface area contributed by atoms with Crippen molar-refractivity contribution in [3.05, 3.63) is 10.4 Å². The van der Waals surface area contributed by atoms with Gasteiger partial charge in [-0.2, -0.15) is 0 Å². The largest absolute Gasteiger partial charge is 0.465 e. The molecule has 1 aromatic rings. The lowest BCUT2D eigenvalue weighted by atomic mass is 10.2. The van der Waals surface area contributed by atoms with E-state index in [1.165, 1.54) is 30.2 Å². The molecule has 1 aliphatic rings. The summed E-state index contributed by atoms with van der Waals surface area (Å²) in [5.41, 5.74) is 6.41. The molecule has 7 heteroatoms. The fraction of sp³-hybridized carbons (Fsp3) is 0.455. The Labute approximate surface area is 113 Å². The molecule has 18 heavy (non-hydrogen) atoms. The number of thiophene rings is 1. The number of carbonyl (C=O) groups excluding carboxylic acids is 2. The molecule has 0 atom stereocenters. The van der Waals surface area contributed by atoms with Crippen LogP contribution in [0.3, 0.4) is 0 Å². The summed E-state index contributed by atoms with van der Waals surface area (Å²) in [6.45, 7) is 0. The van der Waals surface area contributed by atoms with Gasteiger partial charge >= 0.3 is 5.97 Å². The predicted octanol–water partition coefficient (Wildman–Crippen LogP) is 1.73. The van der Waals surface area contributed by atoms with Crippen LogP contribution in [0.15, 0.2) is 4.21 Å². The number of ether oxygens (including phenoxy) is 1. The van der Waals surface area contributed by atoms with Crippen molar-refractivity contribution in [2.24, 2.45) is 0 Å². The van der Waals surface area contributed by atoms with Crippen LogP contribution in [0, 0.1) is 0 Å². The molecule has 1 saturated carbocycles. The van der Waals surface area contributed by atoms with Crippen LogP contribution in [0.4, 0.5) is 5.69 Å². The van der Waals surface area contributed by atoms with Crippen LogP contribution in [-0.2, 0) is 4.74 Å². The number of esters is 1. The Kier molecular flexibility index (Phi) is 3.82. The van der Waals surface area contributed by atoms with E-state index in [0.717, 1.165) is 12.8 Å². The fourth-order valence-corrected chi connectivity index (χ4v) is 3.33. The van der Waals surface area contributed by atoms with Crippen molar-refractivity contribution in [1.29, 1.82) is 0 Å². The third-order valence-electron chi connectivity index (χ3n) is 2.61. The van der Waals surface area contributed by atoms with Gasteiger partial charge in [-0.05, 0) is 19.1 Å². The molecule has 0 bridgehead atoms. The Morgan fingerprint density at radius 3 is 2.67 bits per heavy atom. The van der Waals surface area contributed by atoms with Gasteiger partial charge in [0.2, 0.25) is 0 Å². The summed E-state index contributed by atoms with van der Waals surface area (Å²) in [6.07, 6.45) is 3.85. The zero-order valence-corrected chi connectivity index (χ0v) is 11.7. The Morgan fingerprint density at radius 2 is 2.17 bits per heavy atom. The summed E-state index contributed by atoms with van der Waals surface area (Å²) in [4.78, 5) is 24.0. The Hall–Kier alpha value is -1.21. The van der Waals surface area contributed by atoms with Crippen molar-refractivity contribution in [3.8, 4) is 0 Å². The number of anilines is 1. The van der Waals surface area contributed by atoms with Crippen LogP contribution < -0.4 is 11.1 Å². The molecular formula is C11H14N2O3S2. The number of hydrogen-bond acceptors (Lipinski definition) is 6. The van der Waals surface area contributed by atoms with Gasteiger partial charge in [0.25, 0.3) is 5.91 Å². The maximum absolute atomic E-state index is 12.0. The molecule has 0 spiro atoms. The number of nitrogens with two attached hydrogens (primary N) is 1. The summed E-state index contributed by atoms with van der Waals surface area (Å²) in [6, 6.07) is 0.262. The second-order valence-electron chi connectivity index (χ2n) is 3.95. The van der Waals surface area contributed by atoms with Gasteiger partial charge in [-0.15, -0.1) is 23.1 Å². The molecule has 3 N–H and O–H groups in total. The van der Waals surface area contributed by atoms with Gasteiger partial charge in [-0.1, -0.05) is 0 Å². The van der Waals surface area contributed by atoms with Crippen molar-refractivity contribution in [2.45, 2.75) is 23.1 Å². The summed E-state index contributed by atoms with van der Waals surface area (Å²) in [5, 5.41) is 2.86. The van der Waals surface area contributed by atoms with E-state index in [4.69, 9.17) is 5.73 Å². The van der Waals surface area contributed by atoms with E-state index in [0.29, 0.717) is 14.6 Å². The third kappa shape index (κ3) is 2.46. The summed E-state index contributed by atoms with van der Waals surface area (Å²) in [7, 11) is 1.30. The number of hydrogen-bond donors (Lipinski definition) is 2. The molecule has 1 aliphatic carbocycles. The minimum Gasteiger partial charge on any atom is -0.465 e. The second kappa shape index (κ2) is 5.19. The topological polar surface area (TPSA) is 81.4 Å². The van der Waals surface area contributed by atoms with Gasteiger partial charge in [-0.3, -0.25) is 4.79 Å². The first-order chi connectivity index (χ1) is 8.58. The first-order valence-corrected chi connectivity index (χ1v) is 7.48. The zero-order chi connectivity index (χ0) is 13.3.